The van der Waals surface area contributed by atoms with E-state index in [-0.39, 0.29) is 0 Å². The Kier molecular flexibility index (Phi) is 2.46. The highest BCUT2D eigenvalue weighted by molar-refractivity contribution is 6.30. The second-order valence-electron chi connectivity index (χ2n) is 4.59. The SMILES string of the molecule is OC1(c2ccc(Cl)cc2-c2ccccc2)CC1. The highest BCUT2D eigenvalue weighted by atomic mass is 35.5. The van der Waals surface area contributed by atoms with E-state index in [1.165, 1.54) is 0 Å². The van der Waals surface area contributed by atoms with Crippen molar-refractivity contribution in [2.24, 2.45) is 0 Å². The van der Waals surface area contributed by atoms with E-state index in [9.17, 15) is 5.11 Å². The summed E-state index contributed by atoms with van der Waals surface area (Å²) < 4.78 is 0. The van der Waals surface area contributed by atoms with Crippen LogP contribution in [-0.4, -0.2) is 5.11 Å². The van der Waals surface area contributed by atoms with Crippen LogP contribution < -0.4 is 0 Å². The summed E-state index contributed by atoms with van der Waals surface area (Å²) in [6.07, 6.45) is 1.68. The first-order valence-corrected chi connectivity index (χ1v) is 6.15. The van der Waals surface area contributed by atoms with Gasteiger partial charge in [-0.2, -0.15) is 0 Å². The van der Waals surface area contributed by atoms with Crippen molar-refractivity contribution in [1.82, 2.24) is 0 Å². The molecule has 2 aromatic carbocycles. The van der Waals surface area contributed by atoms with Crippen LogP contribution in [0.5, 0.6) is 0 Å². The Hall–Kier alpha value is -1.31. The second-order valence-corrected chi connectivity index (χ2v) is 5.02. The molecule has 1 nitrogen and oxygen atoms in total. The highest BCUT2D eigenvalue weighted by Gasteiger charge is 2.43. The van der Waals surface area contributed by atoms with Crippen LogP contribution in [0.4, 0.5) is 0 Å². The third kappa shape index (κ3) is 1.97. The molecule has 1 saturated carbocycles. The molecular weight excluding hydrogens is 232 g/mol. The van der Waals surface area contributed by atoms with Crippen LogP contribution in [0, 0.1) is 0 Å². The van der Waals surface area contributed by atoms with Gasteiger partial charge in [-0.1, -0.05) is 48.0 Å². The molecule has 0 saturated heterocycles. The lowest BCUT2D eigenvalue weighted by Crippen LogP contribution is -2.06. The lowest BCUT2D eigenvalue weighted by atomic mass is 9.95. The van der Waals surface area contributed by atoms with Crippen molar-refractivity contribution in [2.75, 3.05) is 0 Å². The molecule has 0 heterocycles. The molecular formula is C15H13ClO. The summed E-state index contributed by atoms with van der Waals surface area (Å²) in [7, 11) is 0. The molecule has 0 aliphatic heterocycles. The predicted molar refractivity (Wildman–Crippen MR) is 70.0 cm³/mol. The molecule has 0 atom stereocenters. The Bertz CT molecular complexity index is 544. The van der Waals surface area contributed by atoms with Crippen LogP contribution in [-0.2, 0) is 5.60 Å². The molecule has 0 bridgehead atoms. The molecule has 0 amide bonds. The Balaban J connectivity index is 2.18. The van der Waals surface area contributed by atoms with Crippen molar-refractivity contribution in [3.05, 3.63) is 59.1 Å². The standard InChI is InChI=1S/C15H13ClO/c16-12-6-7-14(15(17)8-9-15)13(10-12)11-4-2-1-3-5-11/h1-7,10,17H,8-9H2. The highest BCUT2D eigenvalue weighted by Crippen LogP contribution is 2.49. The monoisotopic (exact) mass is 244 g/mol. The normalized spacial score (nSPS) is 16.8. The summed E-state index contributed by atoms with van der Waals surface area (Å²) in [5, 5.41) is 11.0. The maximum Gasteiger partial charge on any atom is 0.0904 e. The van der Waals surface area contributed by atoms with Crippen molar-refractivity contribution in [1.29, 1.82) is 0 Å². The minimum Gasteiger partial charge on any atom is -0.385 e. The van der Waals surface area contributed by atoms with Crippen molar-refractivity contribution in [3.8, 4) is 11.1 Å². The zero-order valence-electron chi connectivity index (χ0n) is 9.36. The van der Waals surface area contributed by atoms with Crippen LogP contribution in [0.2, 0.25) is 5.02 Å². The Morgan fingerprint density at radius 2 is 1.71 bits per heavy atom. The Labute approximate surface area is 106 Å². The van der Waals surface area contributed by atoms with Gasteiger partial charge in [0.05, 0.1) is 5.60 Å². The fraction of sp³-hybridized carbons (Fsp3) is 0.200. The Morgan fingerprint density at radius 3 is 2.35 bits per heavy atom. The van der Waals surface area contributed by atoms with E-state index in [1.807, 2.05) is 48.5 Å². The topological polar surface area (TPSA) is 20.2 Å². The molecule has 0 spiro atoms. The van der Waals surface area contributed by atoms with Crippen LogP contribution in [0.15, 0.2) is 48.5 Å². The van der Waals surface area contributed by atoms with E-state index in [0.717, 1.165) is 29.5 Å². The van der Waals surface area contributed by atoms with E-state index in [2.05, 4.69) is 0 Å². The lowest BCUT2D eigenvalue weighted by Gasteiger charge is -2.15. The van der Waals surface area contributed by atoms with Crippen LogP contribution in [0.3, 0.4) is 0 Å². The van der Waals surface area contributed by atoms with Crippen molar-refractivity contribution >= 4 is 11.6 Å². The number of benzene rings is 2. The first kappa shape index (κ1) is 10.8. The summed E-state index contributed by atoms with van der Waals surface area (Å²) in [5.74, 6) is 0. The van der Waals surface area contributed by atoms with Crippen molar-refractivity contribution in [2.45, 2.75) is 18.4 Å². The van der Waals surface area contributed by atoms with Crippen LogP contribution >= 0.6 is 11.6 Å². The maximum atomic E-state index is 10.3. The molecule has 1 aliphatic rings. The van der Waals surface area contributed by atoms with Gasteiger partial charge in [0.15, 0.2) is 0 Å². The van der Waals surface area contributed by atoms with Gasteiger partial charge in [0.25, 0.3) is 0 Å². The van der Waals surface area contributed by atoms with E-state index >= 15 is 0 Å². The number of hydrogen-bond donors (Lipinski definition) is 1. The largest absolute Gasteiger partial charge is 0.385 e. The molecule has 0 aromatic heterocycles. The molecule has 0 radical (unpaired) electrons. The smallest absolute Gasteiger partial charge is 0.0904 e. The van der Waals surface area contributed by atoms with Gasteiger partial charge in [-0.25, -0.2) is 0 Å². The van der Waals surface area contributed by atoms with Gasteiger partial charge in [-0.3, -0.25) is 0 Å². The first-order valence-electron chi connectivity index (χ1n) is 5.77. The fourth-order valence-corrected chi connectivity index (χ4v) is 2.34. The lowest BCUT2D eigenvalue weighted by molar-refractivity contribution is 0.152. The predicted octanol–water partition coefficient (Wildman–Crippen LogP) is 3.99. The van der Waals surface area contributed by atoms with Gasteiger partial charge >= 0.3 is 0 Å². The average Bonchev–Trinajstić information content (AvgIpc) is 3.09. The first-order chi connectivity index (χ1) is 8.19. The summed E-state index contributed by atoms with van der Waals surface area (Å²) in [6.45, 7) is 0. The molecule has 3 rings (SSSR count). The van der Waals surface area contributed by atoms with Gasteiger partial charge in [0.2, 0.25) is 0 Å². The quantitative estimate of drug-likeness (QED) is 0.847. The van der Waals surface area contributed by atoms with Crippen LogP contribution in [0.25, 0.3) is 11.1 Å². The third-order valence-corrected chi connectivity index (χ3v) is 3.53. The van der Waals surface area contributed by atoms with Gasteiger partial charge in [-0.05, 0) is 41.7 Å². The van der Waals surface area contributed by atoms with E-state index in [1.54, 1.807) is 0 Å². The molecule has 17 heavy (non-hydrogen) atoms. The van der Waals surface area contributed by atoms with E-state index in [0.29, 0.717) is 5.02 Å². The molecule has 1 fully saturated rings. The fourth-order valence-electron chi connectivity index (χ4n) is 2.17. The molecule has 2 aromatic rings. The number of hydrogen-bond acceptors (Lipinski definition) is 1. The molecule has 1 aliphatic carbocycles. The molecule has 1 N–H and O–H groups in total. The van der Waals surface area contributed by atoms with Gasteiger partial charge in [-0.15, -0.1) is 0 Å². The van der Waals surface area contributed by atoms with E-state index < -0.39 is 5.60 Å². The van der Waals surface area contributed by atoms with Crippen LogP contribution in [0.1, 0.15) is 18.4 Å². The van der Waals surface area contributed by atoms with Gasteiger partial charge in [0, 0.05) is 5.02 Å². The zero-order chi connectivity index (χ0) is 11.9. The number of aliphatic hydroxyl groups is 1. The summed E-state index contributed by atoms with van der Waals surface area (Å²) >= 11 is 6.06. The van der Waals surface area contributed by atoms with Gasteiger partial charge in [0.1, 0.15) is 0 Å². The molecule has 86 valence electrons. The average molecular weight is 245 g/mol. The molecule has 2 heteroatoms. The minimum absolute atomic E-state index is 0.629. The van der Waals surface area contributed by atoms with Crippen molar-refractivity contribution < 1.29 is 5.11 Å². The van der Waals surface area contributed by atoms with Gasteiger partial charge < -0.3 is 5.11 Å². The maximum absolute atomic E-state index is 10.3. The zero-order valence-corrected chi connectivity index (χ0v) is 10.1. The number of rotatable bonds is 2. The second kappa shape index (κ2) is 3.86. The summed E-state index contributed by atoms with van der Waals surface area (Å²) in [5.41, 5.74) is 2.51. The summed E-state index contributed by atoms with van der Waals surface area (Å²) in [4.78, 5) is 0. The minimum atomic E-state index is -0.629. The van der Waals surface area contributed by atoms with E-state index in [4.69, 9.17) is 11.6 Å². The molecule has 0 unspecified atom stereocenters. The third-order valence-electron chi connectivity index (χ3n) is 3.29. The summed E-state index contributed by atoms with van der Waals surface area (Å²) in [6, 6.07) is 15.8. The Morgan fingerprint density at radius 1 is 1.00 bits per heavy atom. The van der Waals surface area contributed by atoms with Crippen molar-refractivity contribution in [3.63, 3.8) is 0 Å². The number of halogens is 1.